The number of fused-ring (bicyclic) bond motifs is 1. The van der Waals surface area contributed by atoms with E-state index in [2.05, 4.69) is 4.72 Å². The van der Waals surface area contributed by atoms with Crippen LogP contribution in [0.15, 0.2) is 53.3 Å². The zero-order valence-corrected chi connectivity index (χ0v) is 17.1. The molecule has 3 aromatic rings. The highest BCUT2D eigenvalue weighted by atomic mass is 32.2. The van der Waals surface area contributed by atoms with Crippen LogP contribution >= 0.6 is 0 Å². The van der Waals surface area contributed by atoms with Gasteiger partial charge in [0.25, 0.3) is 5.56 Å². The highest BCUT2D eigenvalue weighted by molar-refractivity contribution is 7.84. The minimum atomic E-state index is -1.22. The van der Waals surface area contributed by atoms with Gasteiger partial charge in [-0.05, 0) is 39.3 Å². The van der Waals surface area contributed by atoms with Gasteiger partial charge in [-0.3, -0.25) is 9.36 Å². The van der Waals surface area contributed by atoms with Crippen LogP contribution in [0, 0.1) is 0 Å². The molecule has 0 radical (unpaired) electrons. The molecule has 0 aliphatic heterocycles. The third kappa shape index (κ3) is 3.87. The van der Waals surface area contributed by atoms with Gasteiger partial charge in [0.15, 0.2) is 0 Å². The predicted molar refractivity (Wildman–Crippen MR) is 112 cm³/mol. The molecule has 27 heavy (non-hydrogen) atoms. The van der Waals surface area contributed by atoms with Crippen molar-refractivity contribution in [2.45, 2.75) is 38.5 Å². The van der Waals surface area contributed by atoms with Crippen molar-refractivity contribution < 1.29 is 4.21 Å². The molecule has 0 aliphatic rings. The molecule has 2 atom stereocenters. The average Bonchev–Trinajstić information content (AvgIpc) is 2.64. The Labute approximate surface area is 162 Å². The molecule has 0 saturated heterocycles. The van der Waals surface area contributed by atoms with Gasteiger partial charge < -0.3 is 0 Å². The Bertz CT molecular complexity index is 1050. The molecule has 0 saturated carbocycles. The number of benzene rings is 2. The van der Waals surface area contributed by atoms with Gasteiger partial charge in [-0.1, -0.05) is 42.5 Å². The van der Waals surface area contributed by atoms with Crippen LogP contribution in [0.5, 0.6) is 0 Å². The molecule has 5 nitrogen and oxygen atoms in total. The van der Waals surface area contributed by atoms with E-state index < -0.39 is 11.0 Å². The van der Waals surface area contributed by atoms with Crippen LogP contribution < -0.4 is 10.3 Å². The number of rotatable bonds is 4. The summed E-state index contributed by atoms with van der Waals surface area (Å²) in [5, 5.41) is 0.560. The molecule has 142 valence electrons. The molecule has 0 aliphatic carbocycles. The summed E-state index contributed by atoms with van der Waals surface area (Å²) in [5.74, 6) is 0.615. The lowest BCUT2D eigenvalue weighted by atomic mass is 10.0. The Morgan fingerprint density at radius 3 is 2.37 bits per heavy atom. The van der Waals surface area contributed by atoms with Crippen LogP contribution in [-0.2, 0) is 18.0 Å². The first-order valence-corrected chi connectivity index (χ1v) is 10.1. The highest BCUT2D eigenvalue weighted by Gasteiger charge is 2.23. The van der Waals surface area contributed by atoms with Crippen LogP contribution in [0.1, 0.15) is 39.3 Å². The SMILES string of the molecule is C[C@@H](NS(=O)C(C)(C)C)c1cccc2c(=O)n(C)c(-c3ccccc3)nc12. The summed E-state index contributed by atoms with van der Waals surface area (Å²) in [6.07, 6.45) is 0. The largest absolute Gasteiger partial charge is 0.295 e. The fourth-order valence-corrected chi connectivity index (χ4v) is 3.71. The van der Waals surface area contributed by atoms with Crippen molar-refractivity contribution in [1.29, 1.82) is 0 Å². The Morgan fingerprint density at radius 1 is 1.07 bits per heavy atom. The predicted octanol–water partition coefficient (Wildman–Crippen LogP) is 3.71. The van der Waals surface area contributed by atoms with E-state index in [1.807, 2.05) is 70.2 Å². The molecule has 0 fully saturated rings. The van der Waals surface area contributed by atoms with Gasteiger partial charge in [0.2, 0.25) is 0 Å². The van der Waals surface area contributed by atoms with E-state index in [1.165, 1.54) is 0 Å². The van der Waals surface area contributed by atoms with Gasteiger partial charge >= 0.3 is 0 Å². The Kier molecular flexibility index (Phi) is 5.31. The number of nitrogens with zero attached hydrogens (tertiary/aromatic N) is 2. The normalized spacial score (nSPS) is 14.3. The fourth-order valence-electron chi connectivity index (χ4n) is 2.91. The van der Waals surface area contributed by atoms with Crippen molar-refractivity contribution in [2.24, 2.45) is 7.05 Å². The zero-order valence-electron chi connectivity index (χ0n) is 16.3. The standard InChI is InChI=1S/C21H25N3O2S/c1-14(23-27(26)21(2,3)4)16-12-9-13-17-18(16)22-19(24(5)20(17)25)15-10-7-6-8-11-15/h6-14,23H,1-5H3/t14-,27?/m1/s1. The number of hydrogen-bond acceptors (Lipinski definition) is 3. The lowest BCUT2D eigenvalue weighted by Crippen LogP contribution is -2.35. The summed E-state index contributed by atoms with van der Waals surface area (Å²) in [5.41, 5.74) is 2.29. The summed E-state index contributed by atoms with van der Waals surface area (Å²) in [4.78, 5) is 17.7. The van der Waals surface area contributed by atoms with Crippen molar-refractivity contribution >= 4 is 21.9 Å². The van der Waals surface area contributed by atoms with E-state index >= 15 is 0 Å². The summed E-state index contributed by atoms with van der Waals surface area (Å²) in [6, 6.07) is 15.0. The van der Waals surface area contributed by atoms with Crippen LogP contribution in [0.2, 0.25) is 0 Å². The van der Waals surface area contributed by atoms with Gasteiger partial charge in [0.05, 0.1) is 26.6 Å². The fraction of sp³-hybridized carbons (Fsp3) is 0.333. The van der Waals surface area contributed by atoms with E-state index in [4.69, 9.17) is 4.98 Å². The number of nitrogens with one attached hydrogen (secondary N) is 1. The molecule has 1 heterocycles. The Hall–Kier alpha value is -2.31. The second kappa shape index (κ2) is 7.37. The van der Waals surface area contributed by atoms with Crippen molar-refractivity contribution in [3.8, 4) is 11.4 Å². The Balaban J connectivity index is 2.17. The first-order chi connectivity index (χ1) is 12.7. The average molecular weight is 384 g/mol. The number of aromatic nitrogens is 2. The zero-order chi connectivity index (χ0) is 19.8. The number of hydrogen-bond donors (Lipinski definition) is 1. The summed E-state index contributed by atoms with van der Waals surface area (Å²) in [7, 11) is 0.513. The van der Waals surface area contributed by atoms with Crippen molar-refractivity contribution in [2.75, 3.05) is 0 Å². The molecule has 1 unspecified atom stereocenters. The van der Waals surface area contributed by atoms with E-state index in [1.54, 1.807) is 17.7 Å². The second-order valence-electron chi connectivity index (χ2n) is 7.63. The van der Waals surface area contributed by atoms with E-state index in [9.17, 15) is 9.00 Å². The molecule has 0 amide bonds. The first kappa shape index (κ1) is 19.5. The van der Waals surface area contributed by atoms with Crippen molar-refractivity contribution in [3.63, 3.8) is 0 Å². The minimum Gasteiger partial charge on any atom is -0.295 e. The van der Waals surface area contributed by atoms with Gasteiger partial charge in [0.1, 0.15) is 5.82 Å². The maximum atomic E-state index is 12.9. The molecule has 6 heteroatoms. The lowest BCUT2D eigenvalue weighted by Gasteiger charge is -2.23. The maximum Gasteiger partial charge on any atom is 0.261 e. The van der Waals surface area contributed by atoms with Gasteiger partial charge in [0, 0.05) is 18.7 Å². The Morgan fingerprint density at radius 2 is 1.74 bits per heavy atom. The van der Waals surface area contributed by atoms with Crippen LogP contribution in [0.25, 0.3) is 22.3 Å². The summed E-state index contributed by atoms with van der Waals surface area (Å²) >= 11 is 0. The smallest absolute Gasteiger partial charge is 0.261 e. The highest BCUT2D eigenvalue weighted by Crippen LogP contribution is 2.25. The van der Waals surface area contributed by atoms with E-state index in [0.717, 1.165) is 11.1 Å². The van der Waals surface area contributed by atoms with Gasteiger partial charge in [-0.25, -0.2) is 13.9 Å². The molecular formula is C21H25N3O2S. The molecule has 2 aromatic carbocycles. The molecular weight excluding hydrogens is 358 g/mol. The molecule has 0 spiro atoms. The maximum absolute atomic E-state index is 12.9. The molecule has 3 rings (SSSR count). The summed E-state index contributed by atoms with van der Waals surface area (Å²) in [6.45, 7) is 7.72. The first-order valence-electron chi connectivity index (χ1n) is 8.93. The van der Waals surface area contributed by atoms with Gasteiger partial charge in [-0.15, -0.1) is 0 Å². The van der Waals surface area contributed by atoms with Crippen molar-refractivity contribution in [1.82, 2.24) is 14.3 Å². The third-order valence-corrected chi connectivity index (χ3v) is 6.16. The van der Waals surface area contributed by atoms with Crippen molar-refractivity contribution in [3.05, 3.63) is 64.4 Å². The number of para-hydroxylation sites is 1. The van der Waals surface area contributed by atoms with Crippen LogP contribution in [0.4, 0.5) is 0 Å². The lowest BCUT2D eigenvalue weighted by molar-refractivity contribution is 0.617. The molecule has 1 N–H and O–H groups in total. The molecule has 1 aromatic heterocycles. The van der Waals surface area contributed by atoms with Crippen LogP contribution in [0.3, 0.4) is 0 Å². The van der Waals surface area contributed by atoms with Gasteiger partial charge in [-0.2, -0.15) is 0 Å². The second-order valence-corrected chi connectivity index (χ2v) is 9.63. The minimum absolute atomic E-state index is 0.0927. The van der Waals surface area contributed by atoms with E-state index in [0.29, 0.717) is 16.7 Å². The third-order valence-electron chi connectivity index (χ3n) is 4.48. The topological polar surface area (TPSA) is 64.0 Å². The quantitative estimate of drug-likeness (QED) is 0.747. The van der Waals surface area contributed by atoms with E-state index in [-0.39, 0.29) is 16.3 Å². The summed E-state index contributed by atoms with van der Waals surface area (Å²) < 4.78 is 16.9. The monoisotopic (exact) mass is 383 g/mol. The van der Waals surface area contributed by atoms with Crippen LogP contribution in [-0.4, -0.2) is 18.5 Å². The molecule has 0 bridgehead atoms.